The van der Waals surface area contributed by atoms with E-state index in [9.17, 15) is 26.7 Å². The SMILES string of the molecule is CN1CCN(C=CCS(=O)(=O)c2ccc(-c3c(O)[nH]c4ccc(C(=O)NCCS(C)(=O)=O)cc34)nc2)CC1.Cl. The molecule has 0 saturated carbocycles. The van der Waals surface area contributed by atoms with Crippen molar-refractivity contribution < 1.29 is 26.7 Å². The van der Waals surface area contributed by atoms with Crippen LogP contribution < -0.4 is 5.32 Å². The van der Waals surface area contributed by atoms with Gasteiger partial charge in [0.1, 0.15) is 9.84 Å². The lowest BCUT2D eigenvalue weighted by Crippen LogP contribution is -2.41. The number of carbonyl (C=O) groups is 1. The summed E-state index contributed by atoms with van der Waals surface area (Å²) in [4.78, 5) is 24.0. The first-order chi connectivity index (χ1) is 17.9. The molecule has 0 spiro atoms. The second-order valence-electron chi connectivity index (χ2n) is 9.38. The Balaban J connectivity index is 0.00000420. The number of piperazine rings is 1. The minimum atomic E-state index is -3.60. The number of hydrogen-bond donors (Lipinski definition) is 3. The van der Waals surface area contributed by atoms with Crippen molar-refractivity contribution in [3.8, 4) is 17.1 Å². The minimum absolute atomic E-state index is 0. The maximum Gasteiger partial charge on any atom is 0.251 e. The Bertz CT molecular complexity index is 1560. The number of likely N-dealkylation sites (N-methyl/N-ethyl adjacent to an activating group) is 1. The van der Waals surface area contributed by atoms with Gasteiger partial charge in [-0.1, -0.05) is 6.08 Å². The number of aromatic amines is 1. The number of hydrogen-bond acceptors (Lipinski definition) is 9. The van der Waals surface area contributed by atoms with Gasteiger partial charge in [0.2, 0.25) is 0 Å². The number of amides is 1. The first kappa shape index (κ1) is 30.4. The lowest BCUT2D eigenvalue weighted by Gasteiger charge is -2.31. The quantitative estimate of drug-likeness (QED) is 0.334. The molecule has 3 aromatic rings. The number of H-pyrrole nitrogens is 1. The molecule has 0 atom stereocenters. The minimum Gasteiger partial charge on any atom is -0.494 e. The van der Waals surface area contributed by atoms with Gasteiger partial charge in [-0.05, 0) is 43.6 Å². The summed E-state index contributed by atoms with van der Waals surface area (Å²) < 4.78 is 48.2. The number of fused-ring (bicyclic) bond motifs is 1. The molecule has 1 aromatic carbocycles. The van der Waals surface area contributed by atoms with Crippen LogP contribution in [0.4, 0.5) is 0 Å². The highest BCUT2D eigenvalue weighted by atomic mass is 35.5. The summed E-state index contributed by atoms with van der Waals surface area (Å²) in [5.41, 5.74) is 1.48. The highest BCUT2D eigenvalue weighted by Gasteiger charge is 2.19. The van der Waals surface area contributed by atoms with E-state index in [1.165, 1.54) is 18.3 Å². The molecule has 1 aliphatic heterocycles. The van der Waals surface area contributed by atoms with Crippen LogP contribution in [-0.4, -0.2) is 105 Å². The molecule has 0 bridgehead atoms. The first-order valence-electron chi connectivity index (χ1n) is 12.0. The number of nitrogens with zero attached hydrogens (tertiary/aromatic N) is 3. The molecular formula is C25H32ClN5O6S2. The number of benzene rings is 1. The molecule has 14 heteroatoms. The summed E-state index contributed by atoms with van der Waals surface area (Å²) >= 11 is 0. The highest BCUT2D eigenvalue weighted by molar-refractivity contribution is 7.91. The van der Waals surface area contributed by atoms with Gasteiger partial charge in [-0.3, -0.25) is 9.78 Å². The molecule has 0 unspecified atom stereocenters. The molecule has 2 aromatic heterocycles. The molecule has 1 saturated heterocycles. The average Bonchev–Trinajstić information content (AvgIpc) is 3.19. The van der Waals surface area contributed by atoms with Crippen molar-refractivity contribution in [3.05, 3.63) is 54.4 Å². The lowest BCUT2D eigenvalue weighted by molar-refractivity contribution is 0.0956. The third-order valence-electron chi connectivity index (χ3n) is 6.32. The van der Waals surface area contributed by atoms with Gasteiger partial charge in [0.15, 0.2) is 15.7 Å². The van der Waals surface area contributed by atoms with E-state index in [1.807, 2.05) is 6.20 Å². The van der Waals surface area contributed by atoms with Crippen molar-refractivity contribution in [3.63, 3.8) is 0 Å². The number of sulfone groups is 2. The van der Waals surface area contributed by atoms with Crippen molar-refractivity contribution >= 4 is 48.9 Å². The van der Waals surface area contributed by atoms with E-state index in [0.717, 1.165) is 32.4 Å². The van der Waals surface area contributed by atoms with Crippen LogP contribution in [-0.2, 0) is 19.7 Å². The maximum atomic E-state index is 12.8. The van der Waals surface area contributed by atoms with Gasteiger partial charge < -0.3 is 25.2 Å². The topological polar surface area (TPSA) is 153 Å². The van der Waals surface area contributed by atoms with Crippen LogP contribution in [0.15, 0.2) is 53.7 Å². The second kappa shape index (κ2) is 12.4. The number of rotatable bonds is 9. The summed E-state index contributed by atoms with van der Waals surface area (Å²) in [6.07, 6.45) is 5.82. The maximum absolute atomic E-state index is 12.8. The fraction of sp³-hybridized carbons (Fsp3) is 0.360. The largest absolute Gasteiger partial charge is 0.494 e. The normalized spacial score (nSPS) is 15.0. The third kappa shape index (κ3) is 7.72. The monoisotopic (exact) mass is 597 g/mol. The van der Waals surface area contributed by atoms with Crippen LogP contribution >= 0.6 is 12.4 Å². The fourth-order valence-electron chi connectivity index (χ4n) is 4.13. The fourth-order valence-corrected chi connectivity index (χ4v) is 5.62. The molecule has 212 valence electrons. The van der Waals surface area contributed by atoms with Crippen LogP contribution in [0.3, 0.4) is 0 Å². The third-order valence-corrected chi connectivity index (χ3v) is 8.86. The van der Waals surface area contributed by atoms with E-state index < -0.39 is 25.6 Å². The molecule has 0 radical (unpaired) electrons. The van der Waals surface area contributed by atoms with Crippen LogP contribution in [0, 0.1) is 0 Å². The Hall–Kier alpha value is -3.13. The van der Waals surface area contributed by atoms with Crippen LogP contribution in [0.1, 0.15) is 10.4 Å². The molecule has 1 fully saturated rings. The van der Waals surface area contributed by atoms with Crippen molar-refractivity contribution in [2.45, 2.75) is 4.90 Å². The second-order valence-corrected chi connectivity index (χ2v) is 13.7. The van der Waals surface area contributed by atoms with Crippen molar-refractivity contribution in [1.29, 1.82) is 0 Å². The average molecular weight is 598 g/mol. The highest BCUT2D eigenvalue weighted by Crippen LogP contribution is 2.36. The Morgan fingerprint density at radius 3 is 2.49 bits per heavy atom. The zero-order valence-corrected chi connectivity index (χ0v) is 24.1. The van der Waals surface area contributed by atoms with E-state index in [0.29, 0.717) is 22.2 Å². The molecule has 1 amide bonds. The molecule has 3 heterocycles. The van der Waals surface area contributed by atoms with E-state index in [1.54, 1.807) is 24.3 Å². The number of carbonyl (C=O) groups excluding carboxylic acids is 1. The van der Waals surface area contributed by atoms with E-state index in [-0.39, 0.29) is 46.8 Å². The van der Waals surface area contributed by atoms with Gasteiger partial charge in [-0.25, -0.2) is 16.8 Å². The number of aromatic hydroxyl groups is 1. The number of pyridine rings is 1. The molecule has 39 heavy (non-hydrogen) atoms. The van der Waals surface area contributed by atoms with Gasteiger partial charge in [-0.2, -0.15) is 0 Å². The molecule has 3 N–H and O–H groups in total. The zero-order chi connectivity index (χ0) is 27.5. The van der Waals surface area contributed by atoms with Gasteiger partial charge in [0.25, 0.3) is 5.91 Å². The van der Waals surface area contributed by atoms with Gasteiger partial charge in [0.05, 0.1) is 27.7 Å². The zero-order valence-electron chi connectivity index (χ0n) is 21.6. The van der Waals surface area contributed by atoms with Gasteiger partial charge in [0, 0.05) is 61.6 Å². The first-order valence-corrected chi connectivity index (χ1v) is 15.7. The number of aromatic nitrogens is 2. The Morgan fingerprint density at radius 1 is 1.13 bits per heavy atom. The van der Waals surface area contributed by atoms with E-state index in [4.69, 9.17) is 0 Å². The summed E-state index contributed by atoms with van der Waals surface area (Å²) in [5.74, 6) is -0.965. The van der Waals surface area contributed by atoms with Gasteiger partial charge >= 0.3 is 0 Å². The summed E-state index contributed by atoms with van der Waals surface area (Å²) in [5, 5.41) is 13.6. The Morgan fingerprint density at radius 2 is 1.85 bits per heavy atom. The number of nitrogens with one attached hydrogen (secondary N) is 2. The molecule has 4 rings (SSSR count). The van der Waals surface area contributed by atoms with Crippen LogP contribution in [0.2, 0.25) is 0 Å². The van der Waals surface area contributed by atoms with Crippen molar-refractivity contribution in [1.82, 2.24) is 25.1 Å². The lowest BCUT2D eigenvalue weighted by atomic mass is 10.1. The van der Waals surface area contributed by atoms with Crippen LogP contribution in [0.5, 0.6) is 5.88 Å². The summed E-state index contributed by atoms with van der Waals surface area (Å²) in [6.45, 7) is 3.53. The summed E-state index contributed by atoms with van der Waals surface area (Å²) in [6, 6.07) is 7.69. The van der Waals surface area contributed by atoms with E-state index >= 15 is 0 Å². The molecular weight excluding hydrogens is 566 g/mol. The van der Waals surface area contributed by atoms with Crippen LogP contribution in [0.25, 0.3) is 22.2 Å². The standard InChI is InChI=1S/C25H31N5O6S2.ClH/c1-29-10-12-30(13-11-29)9-3-14-38(35,36)19-5-7-22(27-17-19)23-20-16-18(4-6-21(20)28-25(23)32)24(31)26-8-15-37(2,33)34;/h3-7,9,16-17,28,32H,8,10-15H2,1-2H3,(H,26,31);1H. The Kier molecular flexibility index (Phi) is 9.64. The van der Waals surface area contributed by atoms with Crippen molar-refractivity contribution in [2.75, 3.05) is 57.5 Å². The smallest absolute Gasteiger partial charge is 0.251 e. The van der Waals surface area contributed by atoms with Crippen molar-refractivity contribution in [2.24, 2.45) is 0 Å². The molecule has 1 aliphatic rings. The van der Waals surface area contributed by atoms with E-state index in [2.05, 4.69) is 32.1 Å². The van der Waals surface area contributed by atoms with Gasteiger partial charge in [-0.15, -0.1) is 12.4 Å². The Labute approximate surface area is 234 Å². The molecule has 11 nitrogen and oxygen atoms in total. The predicted molar refractivity (Wildman–Crippen MR) is 153 cm³/mol. The molecule has 0 aliphatic carbocycles. The predicted octanol–water partition coefficient (Wildman–Crippen LogP) is 1.67. The number of halogens is 1. The summed E-state index contributed by atoms with van der Waals surface area (Å²) in [7, 11) is -4.76.